The Kier molecular flexibility index (Phi) is 3.06. The standard InChI is InChI=1S/C12H12N4O/c1-9-3-4-11(17-9)10-7-14-12(15-8-10)16(2)6-5-13/h3-4,7-8H,6H2,1-2H3. The summed E-state index contributed by atoms with van der Waals surface area (Å²) in [7, 11) is 1.77. The molecule has 0 atom stereocenters. The van der Waals surface area contributed by atoms with Crippen molar-refractivity contribution in [1.29, 1.82) is 5.26 Å². The molecule has 5 nitrogen and oxygen atoms in total. The number of hydrogen-bond acceptors (Lipinski definition) is 5. The van der Waals surface area contributed by atoms with E-state index in [-0.39, 0.29) is 6.54 Å². The van der Waals surface area contributed by atoms with Crippen LogP contribution in [-0.2, 0) is 0 Å². The lowest BCUT2D eigenvalue weighted by Gasteiger charge is -2.11. The van der Waals surface area contributed by atoms with Crippen molar-refractivity contribution < 1.29 is 4.42 Å². The summed E-state index contributed by atoms with van der Waals surface area (Å²) in [6.07, 6.45) is 3.38. The molecule has 0 aliphatic rings. The van der Waals surface area contributed by atoms with E-state index < -0.39 is 0 Å². The number of aromatic nitrogens is 2. The Labute approximate surface area is 99.3 Å². The zero-order chi connectivity index (χ0) is 12.3. The minimum atomic E-state index is 0.263. The van der Waals surface area contributed by atoms with Crippen LogP contribution < -0.4 is 4.90 Å². The van der Waals surface area contributed by atoms with Gasteiger partial charge in [0.15, 0.2) is 0 Å². The third kappa shape index (κ3) is 2.42. The number of hydrogen-bond donors (Lipinski definition) is 0. The Balaban J connectivity index is 2.21. The van der Waals surface area contributed by atoms with E-state index in [0.29, 0.717) is 5.95 Å². The third-order valence-electron chi connectivity index (χ3n) is 2.31. The average Bonchev–Trinajstić information content (AvgIpc) is 2.76. The molecule has 0 aromatic carbocycles. The Morgan fingerprint density at radius 3 is 2.59 bits per heavy atom. The van der Waals surface area contributed by atoms with Crippen LogP contribution in [0.3, 0.4) is 0 Å². The number of aryl methyl sites for hydroxylation is 1. The molecule has 5 heteroatoms. The SMILES string of the molecule is Cc1ccc(-c2cnc(N(C)CC#N)nc2)o1. The molecule has 0 N–H and O–H groups in total. The van der Waals surface area contributed by atoms with Crippen molar-refractivity contribution in [1.82, 2.24) is 9.97 Å². The van der Waals surface area contributed by atoms with E-state index in [1.54, 1.807) is 24.3 Å². The number of nitriles is 1. The maximum Gasteiger partial charge on any atom is 0.225 e. The van der Waals surface area contributed by atoms with Gasteiger partial charge in [-0.25, -0.2) is 9.97 Å². The molecule has 0 spiro atoms. The van der Waals surface area contributed by atoms with Crippen LogP contribution in [0.25, 0.3) is 11.3 Å². The van der Waals surface area contributed by atoms with Crippen LogP contribution in [0.2, 0.25) is 0 Å². The zero-order valence-electron chi connectivity index (χ0n) is 9.71. The summed E-state index contributed by atoms with van der Waals surface area (Å²) in [5, 5.41) is 8.57. The second-order valence-electron chi connectivity index (χ2n) is 3.70. The molecule has 0 aliphatic heterocycles. The third-order valence-corrected chi connectivity index (χ3v) is 2.31. The molecule has 2 heterocycles. The normalized spacial score (nSPS) is 9.94. The highest BCUT2D eigenvalue weighted by Crippen LogP contribution is 2.20. The summed E-state index contributed by atoms with van der Waals surface area (Å²) in [5.74, 6) is 2.13. The molecule has 0 bridgehead atoms. The topological polar surface area (TPSA) is 66.0 Å². The fourth-order valence-electron chi connectivity index (χ4n) is 1.41. The average molecular weight is 228 g/mol. The Bertz CT molecular complexity index is 538. The molecule has 0 unspecified atom stereocenters. The summed E-state index contributed by atoms with van der Waals surface area (Å²) < 4.78 is 5.47. The van der Waals surface area contributed by atoms with Gasteiger partial charge in [-0.3, -0.25) is 0 Å². The van der Waals surface area contributed by atoms with E-state index in [4.69, 9.17) is 9.68 Å². The highest BCUT2D eigenvalue weighted by molar-refractivity contribution is 5.55. The van der Waals surface area contributed by atoms with E-state index in [2.05, 4.69) is 9.97 Å². The van der Waals surface area contributed by atoms with Crippen molar-refractivity contribution in [2.24, 2.45) is 0 Å². The first-order chi connectivity index (χ1) is 8.20. The highest BCUT2D eigenvalue weighted by atomic mass is 16.3. The van der Waals surface area contributed by atoms with Gasteiger partial charge in [0.05, 0.1) is 11.6 Å². The lowest BCUT2D eigenvalue weighted by Crippen LogP contribution is -2.19. The van der Waals surface area contributed by atoms with Gasteiger partial charge < -0.3 is 9.32 Å². The lowest BCUT2D eigenvalue weighted by atomic mass is 10.3. The van der Waals surface area contributed by atoms with E-state index >= 15 is 0 Å². The van der Waals surface area contributed by atoms with Crippen LogP contribution in [-0.4, -0.2) is 23.6 Å². The van der Waals surface area contributed by atoms with Crippen LogP contribution in [0.4, 0.5) is 5.95 Å². The van der Waals surface area contributed by atoms with Gasteiger partial charge in [-0.05, 0) is 19.1 Å². The van der Waals surface area contributed by atoms with Crippen molar-refractivity contribution in [3.8, 4) is 17.4 Å². The predicted octanol–water partition coefficient (Wildman–Crippen LogP) is 2.00. The lowest BCUT2D eigenvalue weighted by molar-refractivity contribution is 0.548. The van der Waals surface area contributed by atoms with Gasteiger partial charge in [0.2, 0.25) is 5.95 Å². The van der Waals surface area contributed by atoms with Crippen molar-refractivity contribution in [3.63, 3.8) is 0 Å². The number of furan rings is 1. The van der Waals surface area contributed by atoms with Gasteiger partial charge in [0, 0.05) is 19.4 Å². The maximum absolute atomic E-state index is 8.57. The van der Waals surface area contributed by atoms with Crippen LogP contribution in [0.15, 0.2) is 28.9 Å². The van der Waals surface area contributed by atoms with Crippen molar-refractivity contribution >= 4 is 5.95 Å². The Hall–Kier alpha value is -2.35. The quantitative estimate of drug-likeness (QED) is 0.752. The molecule has 0 radical (unpaired) electrons. The van der Waals surface area contributed by atoms with Crippen LogP contribution in [0, 0.1) is 18.3 Å². The molecular formula is C12H12N4O. The molecule has 0 amide bonds. The first-order valence-corrected chi connectivity index (χ1v) is 5.17. The smallest absolute Gasteiger partial charge is 0.225 e. The summed E-state index contributed by atoms with van der Waals surface area (Å²) >= 11 is 0. The summed E-state index contributed by atoms with van der Waals surface area (Å²) in [6, 6.07) is 5.82. The largest absolute Gasteiger partial charge is 0.461 e. The fourth-order valence-corrected chi connectivity index (χ4v) is 1.41. The Morgan fingerprint density at radius 1 is 1.35 bits per heavy atom. The van der Waals surface area contributed by atoms with Crippen LogP contribution >= 0.6 is 0 Å². The fraction of sp³-hybridized carbons (Fsp3) is 0.250. The zero-order valence-corrected chi connectivity index (χ0v) is 9.71. The van der Waals surface area contributed by atoms with Crippen molar-refractivity contribution in [2.75, 3.05) is 18.5 Å². The monoisotopic (exact) mass is 228 g/mol. The number of anilines is 1. The summed E-state index contributed by atoms with van der Waals surface area (Å²) in [5.41, 5.74) is 0.826. The first kappa shape index (κ1) is 11.1. The Morgan fingerprint density at radius 2 is 2.06 bits per heavy atom. The molecular weight excluding hydrogens is 216 g/mol. The van der Waals surface area contributed by atoms with Gasteiger partial charge in [-0.15, -0.1) is 0 Å². The second kappa shape index (κ2) is 4.66. The molecule has 0 fully saturated rings. The molecule has 0 saturated carbocycles. The molecule has 2 rings (SSSR count). The molecule has 86 valence electrons. The van der Waals surface area contributed by atoms with Gasteiger partial charge in [-0.1, -0.05) is 0 Å². The van der Waals surface area contributed by atoms with E-state index in [1.165, 1.54) is 0 Å². The van der Waals surface area contributed by atoms with Gasteiger partial charge >= 0.3 is 0 Å². The van der Waals surface area contributed by atoms with Gasteiger partial charge in [0.1, 0.15) is 18.1 Å². The molecule has 2 aromatic rings. The van der Waals surface area contributed by atoms with E-state index in [1.807, 2.05) is 25.1 Å². The van der Waals surface area contributed by atoms with Crippen molar-refractivity contribution in [3.05, 3.63) is 30.3 Å². The van der Waals surface area contributed by atoms with Crippen LogP contribution in [0.5, 0.6) is 0 Å². The van der Waals surface area contributed by atoms with Crippen molar-refractivity contribution in [2.45, 2.75) is 6.92 Å². The van der Waals surface area contributed by atoms with Crippen LogP contribution in [0.1, 0.15) is 5.76 Å². The molecule has 0 aliphatic carbocycles. The van der Waals surface area contributed by atoms with E-state index in [9.17, 15) is 0 Å². The summed E-state index contributed by atoms with van der Waals surface area (Å²) in [6.45, 7) is 2.15. The minimum absolute atomic E-state index is 0.263. The second-order valence-corrected chi connectivity index (χ2v) is 3.70. The van der Waals surface area contributed by atoms with Gasteiger partial charge in [0.25, 0.3) is 0 Å². The number of rotatable bonds is 3. The molecule has 17 heavy (non-hydrogen) atoms. The van der Waals surface area contributed by atoms with E-state index in [0.717, 1.165) is 17.1 Å². The molecule has 0 saturated heterocycles. The summed E-state index contributed by atoms with van der Waals surface area (Å²) in [4.78, 5) is 10.1. The number of nitrogens with zero attached hydrogens (tertiary/aromatic N) is 4. The van der Waals surface area contributed by atoms with Gasteiger partial charge in [-0.2, -0.15) is 5.26 Å². The minimum Gasteiger partial charge on any atom is -0.461 e. The first-order valence-electron chi connectivity index (χ1n) is 5.17. The maximum atomic E-state index is 8.57. The predicted molar refractivity (Wildman–Crippen MR) is 63.4 cm³/mol. The highest BCUT2D eigenvalue weighted by Gasteiger charge is 2.06. The molecule has 2 aromatic heterocycles.